The van der Waals surface area contributed by atoms with Crippen LogP contribution in [0.1, 0.15) is 151 Å². The summed E-state index contributed by atoms with van der Waals surface area (Å²) in [5.41, 5.74) is 2.99. The fourth-order valence-corrected chi connectivity index (χ4v) is 5.46. The summed E-state index contributed by atoms with van der Waals surface area (Å²) in [6.45, 7) is 6.88. The van der Waals surface area contributed by atoms with Gasteiger partial charge in [0.2, 0.25) is 11.0 Å². The first-order chi connectivity index (χ1) is 20.0. The van der Waals surface area contributed by atoms with Crippen molar-refractivity contribution in [1.29, 1.82) is 0 Å². The van der Waals surface area contributed by atoms with Crippen molar-refractivity contribution in [2.75, 3.05) is 11.9 Å². The number of anilines is 1. The molecule has 0 bridgehead atoms. The molecule has 0 aliphatic carbocycles. The maximum absolute atomic E-state index is 12.8. The predicted molar refractivity (Wildman–Crippen MR) is 178 cm³/mol. The van der Waals surface area contributed by atoms with Crippen LogP contribution >= 0.6 is 12.6 Å². The highest BCUT2D eigenvalue weighted by molar-refractivity contribution is 7.97. The molecule has 1 atom stereocenters. The van der Waals surface area contributed by atoms with Gasteiger partial charge in [0, 0.05) is 11.3 Å². The molecule has 4 nitrogen and oxygen atoms in total. The summed E-state index contributed by atoms with van der Waals surface area (Å²) in [6.07, 6.45) is 22.6. The first-order valence-corrected chi connectivity index (χ1v) is 16.8. The van der Waals surface area contributed by atoms with E-state index in [1.54, 1.807) is 6.07 Å². The minimum absolute atomic E-state index is 0.117. The molecule has 0 saturated carbocycles. The predicted octanol–water partition coefficient (Wildman–Crippen LogP) is 10.7. The van der Waals surface area contributed by atoms with E-state index in [-0.39, 0.29) is 16.9 Å². The summed E-state index contributed by atoms with van der Waals surface area (Å²) < 4.78 is 5.93. The Morgan fingerprint density at radius 2 is 1.24 bits per heavy atom. The normalized spacial score (nSPS) is 11.8. The Labute approximate surface area is 255 Å². The number of nitrogens with one attached hydrogen (secondary N) is 1. The second-order valence-corrected chi connectivity index (χ2v) is 11.9. The number of thiol groups is 1. The number of unbranched alkanes of at least 4 members (excludes halogenated alkanes) is 15. The number of aryl methyl sites for hydroxylation is 1. The Bertz CT molecular complexity index is 1000. The topological polar surface area (TPSA) is 55.4 Å². The number of rotatable bonds is 23. The Kier molecular flexibility index (Phi) is 18.3. The van der Waals surface area contributed by atoms with Gasteiger partial charge in [0.1, 0.15) is 5.75 Å². The number of hydrogen-bond acceptors (Lipinski definition) is 3. The van der Waals surface area contributed by atoms with Crippen LogP contribution in [-0.4, -0.2) is 17.6 Å². The van der Waals surface area contributed by atoms with Crippen molar-refractivity contribution in [3.8, 4) is 5.75 Å². The van der Waals surface area contributed by atoms with E-state index in [0.29, 0.717) is 11.3 Å². The average Bonchev–Trinajstić information content (AvgIpc) is 2.98. The van der Waals surface area contributed by atoms with Gasteiger partial charge in [-0.2, -0.15) is 0 Å². The van der Waals surface area contributed by atoms with Gasteiger partial charge in [-0.1, -0.05) is 128 Å². The molecule has 0 spiro atoms. The molecule has 0 aliphatic heterocycles. The highest BCUT2D eigenvalue weighted by Gasteiger charge is 2.17. The number of hydrogen-bond donors (Lipinski definition) is 2. The molecule has 0 fully saturated rings. The molecular formula is C36H55NO3S. The van der Waals surface area contributed by atoms with Gasteiger partial charge in [0.05, 0.1) is 12.5 Å². The Morgan fingerprint density at radius 3 is 1.73 bits per heavy atom. The molecule has 1 N–H and O–H groups in total. The molecule has 0 aliphatic rings. The van der Waals surface area contributed by atoms with Gasteiger partial charge in [-0.05, 0) is 55.2 Å². The highest BCUT2D eigenvalue weighted by atomic mass is 32.1. The van der Waals surface area contributed by atoms with Crippen LogP contribution in [0.15, 0.2) is 42.5 Å². The molecule has 0 radical (unpaired) electrons. The molecule has 2 aromatic carbocycles. The van der Waals surface area contributed by atoms with Gasteiger partial charge in [-0.3, -0.25) is 9.59 Å². The van der Waals surface area contributed by atoms with Crippen molar-refractivity contribution in [2.24, 2.45) is 0 Å². The largest absolute Gasteiger partial charge is 0.494 e. The van der Waals surface area contributed by atoms with Crippen molar-refractivity contribution in [1.82, 2.24) is 0 Å². The first kappa shape index (κ1) is 34.9. The molecule has 2 rings (SSSR count). The minimum Gasteiger partial charge on any atom is -0.494 e. The fraction of sp³-hybridized carbons (Fsp3) is 0.611. The molecule has 41 heavy (non-hydrogen) atoms. The van der Waals surface area contributed by atoms with E-state index in [0.717, 1.165) is 36.3 Å². The number of ether oxygens (including phenoxy) is 1. The molecule has 0 heterocycles. The summed E-state index contributed by atoms with van der Waals surface area (Å²) in [5, 5.41) is 2.64. The molecule has 2 aromatic rings. The number of benzene rings is 2. The van der Waals surface area contributed by atoms with Gasteiger partial charge in [0.15, 0.2) is 0 Å². The summed E-state index contributed by atoms with van der Waals surface area (Å²) >= 11 is 3.97. The van der Waals surface area contributed by atoms with Crippen LogP contribution < -0.4 is 10.1 Å². The third-order valence-corrected chi connectivity index (χ3v) is 8.27. The van der Waals surface area contributed by atoms with Crippen LogP contribution in [0.2, 0.25) is 0 Å². The maximum atomic E-state index is 12.8. The van der Waals surface area contributed by atoms with Crippen molar-refractivity contribution in [2.45, 2.75) is 136 Å². The quantitative estimate of drug-likeness (QED) is 0.101. The summed E-state index contributed by atoms with van der Waals surface area (Å²) in [4.78, 5) is 24.7. The number of amides is 1. The lowest BCUT2D eigenvalue weighted by Crippen LogP contribution is -2.19. The molecule has 0 aromatic heterocycles. The van der Waals surface area contributed by atoms with Crippen LogP contribution in [0.3, 0.4) is 0 Å². The lowest BCUT2D eigenvalue weighted by molar-refractivity contribution is -0.117. The third kappa shape index (κ3) is 14.5. The van der Waals surface area contributed by atoms with Crippen molar-refractivity contribution < 1.29 is 14.3 Å². The van der Waals surface area contributed by atoms with E-state index in [2.05, 4.69) is 24.9 Å². The van der Waals surface area contributed by atoms with Crippen LogP contribution in [-0.2, 0) is 11.2 Å². The van der Waals surface area contributed by atoms with Crippen LogP contribution in [0, 0.1) is 0 Å². The van der Waals surface area contributed by atoms with Gasteiger partial charge in [-0.25, -0.2) is 0 Å². The van der Waals surface area contributed by atoms with Crippen molar-refractivity contribution in [3.63, 3.8) is 0 Å². The monoisotopic (exact) mass is 581 g/mol. The van der Waals surface area contributed by atoms with E-state index >= 15 is 0 Å². The zero-order valence-electron chi connectivity index (χ0n) is 26.0. The van der Waals surface area contributed by atoms with Gasteiger partial charge >= 0.3 is 0 Å². The second-order valence-electron chi connectivity index (χ2n) is 11.5. The van der Waals surface area contributed by atoms with Crippen LogP contribution in [0.4, 0.5) is 5.69 Å². The standard InChI is InChI=1S/C36H55NO3S/c1-4-6-7-8-9-10-11-12-13-14-15-16-17-18-19-20-27-40-33-25-22-31(23-26-33)29(3)35(38)37-32-24-21-30(5-2)34(28-32)36(39)41/h21-26,28-29H,4-20,27H2,1-3H3,(H,37,38)(H,39,41). The van der Waals surface area contributed by atoms with E-state index in [4.69, 9.17) is 4.74 Å². The lowest BCUT2D eigenvalue weighted by Gasteiger charge is -2.15. The van der Waals surface area contributed by atoms with Crippen molar-refractivity contribution >= 4 is 29.3 Å². The molecule has 0 saturated heterocycles. The lowest BCUT2D eigenvalue weighted by atomic mass is 9.99. The maximum Gasteiger partial charge on any atom is 0.231 e. The molecule has 5 heteroatoms. The van der Waals surface area contributed by atoms with Gasteiger partial charge in [0.25, 0.3) is 0 Å². The first-order valence-electron chi connectivity index (χ1n) is 16.4. The summed E-state index contributed by atoms with van der Waals surface area (Å²) in [6, 6.07) is 13.2. The number of carbonyl (C=O) groups excluding carboxylic acids is 2. The Balaban J connectivity index is 1.53. The minimum atomic E-state index is -0.328. The smallest absolute Gasteiger partial charge is 0.231 e. The SMILES string of the molecule is CCCCCCCCCCCCCCCCCCOc1ccc(C(C)C(=O)Nc2ccc(CC)c(C(=O)S)c2)cc1. The Hall–Kier alpha value is -2.27. The zero-order chi connectivity index (χ0) is 29.7. The fourth-order valence-electron chi connectivity index (χ4n) is 5.26. The van der Waals surface area contributed by atoms with Crippen molar-refractivity contribution in [3.05, 3.63) is 59.2 Å². The van der Waals surface area contributed by atoms with E-state index in [1.807, 2.05) is 50.2 Å². The van der Waals surface area contributed by atoms with E-state index in [9.17, 15) is 9.59 Å². The molecule has 228 valence electrons. The van der Waals surface area contributed by atoms with Gasteiger partial charge in [-0.15, -0.1) is 12.6 Å². The van der Waals surface area contributed by atoms with Gasteiger partial charge < -0.3 is 10.1 Å². The second kappa shape index (κ2) is 21.4. The average molecular weight is 582 g/mol. The van der Waals surface area contributed by atoms with E-state index < -0.39 is 0 Å². The highest BCUT2D eigenvalue weighted by Crippen LogP contribution is 2.23. The van der Waals surface area contributed by atoms with Crippen LogP contribution in [0.25, 0.3) is 0 Å². The zero-order valence-corrected chi connectivity index (χ0v) is 26.9. The molecule has 1 amide bonds. The number of carbonyl (C=O) groups is 2. The molecule has 1 unspecified atom stereocenters. The molecular weight excluding hydrogens is 526 g/mol. The Morgan fingerprint density at radius 1 is 0.732 bits per heavy atom. The van der Waals surface area contributed by atoms with E-state index in [1.165, 1.54) is 96.3 Å². The van der Waals surface area contributed by atoms with Crippen LogP contribution in [0.5, 0.6) is 5.75 Å². The summed E-state index contributed by atoms with van der Waals surface area (Å²) in [5.74, 6) is 0.397. The summed E-state index contributed by atoms with van der Waals surface area (Å²) in [7, 11) is 0. The third-order valence-electron chi connectivity index (χ3n) is 8.03.